The number of hydrogen-bond acceptors (Lipinski definition) is 1. The van der Waals surface area contributed by atoms with Gasteiger partial charge in [-0.2, -0.15) is 0 Å². The lowest BCUT2D eigenvalue weighted by Gasteiger charge is -1.76. The molecular weight excluding hydrogens is 88.1 g/mol. The van der Waals surface area contributed by atoms with Crippen molar-refractivity contribution in [2.24, 2.45) is 0 Å². The highest BCUT2D eigenvalue weighted by atomic mass is 16.3. The Kier molecular flexibility index (Phi) is 2.54. The monoisotopic (exact) mass is 94.0 g/mol. The van der Waals surface area contributed by atoms with Crippen LogP contribution in [0.3, 0.4) is 0 Å². The Bertz CT molecular complexity index is 126. The lowest BCUT2D eigenvalue weighted by molar-refractivity contribution is 0.435. The fourth-order valence-corrected chi connectivity index (χ4v) is 0.144. The summed E-state index contributed by atoms with van der Waals surface area (Å²) in [5.74, 6) is 2.18. The van der Waals surface area contributed by atoms with Gasteiger partial charge in [0.25, 0.3) is 0 Å². The van der Waals surface area contributed by atoms with Gasteiger partial charge in [0.2, 0.25) is 0 Å². The van der Waals surface area contributed by atoms with Crippen molar-refractivity contribution in [3.63, 3.8) is 0 Å². The molecule has 0 saturated carbocycles. The van der Waals surface area contributed by atoms with E-state index in [1.807, 2.05) is 0 Å². The van der Waals surface area contributed by atoms with Crippen molar-refractivity contribution < 1.29 is 5.11 Å². The van der Waals surface area contributed by atoms with Crippen molar-refractivity contribution in [2.75, 3.05) is 0 Å². The molecule has 7 heavy (non-hydrogen) atoms. The molecule has 0 aromatic carbocycles. The van der Waals surface area contributed by atoms with Gasteiger partial charge in [0, 0.05) is 0 Å². The molecule has 36 valence electrons. The molecule has 1 nitrogen and oxygen atoms in total. The zero-order valence-corrected chi connectivity index (χ0v) is 3.89. The Balaban J connectivity index is 3.53. The molecule has 0 radical (unpaired) electrons. The molecule has 0 saturated heterocycles. The molecule has 1 N–H and O–H groups in total. The Morgan fingerprint density at radius 1 is 1.86 bits per heavy atom. The summed E-state index contributed by atoms with van der Waals surface area (Å²) in [7, 11) is 0. The van der Waals surface area contributed by atoms with Crippen molar-refractivity contribution in [3.8, 4) is 12.3 Å². The van der Waals surface area contributed by atoms with E-state index >= 15 is 0 Å². The van der Waals surface area contributed by atoms with E-state index in [9.17, 15) is 0 Å². The van der Waals surface area contributed by atoms with Gasteiger partial charge in [0.05, 0.1) is 0 Å². The maximum atomic E-state index is 8.31. The minimum atomic E-state index is -0.0158. The predicted molar refractivity (Wildman–Crippen MR) is 29.7 cm³/mol. The predicted octanol–water partition coefficient (Wildman–Crippen LogP) is 1.25. The van der Waals surface area contributed by atoms with Gasteiger partial charge < -0.3 is 5.11 Å². The minimum Gasteiger partial charge on any atom is -0.509 e. The Morgan fingerprint density at radius 3 is 2.57 bits per heavy atom. The Hall–Kier alpha value is -1.16. The number of rotatable bonds is 1. The smallest absolute Gasteiger partial charge is 0.109 e. The summed E-state index contributed by atoms with van der Waals surface area (Å²) in [6.07, 6.45) is 7.51. The van der Waals surface area contributed by atoms with E-state index in [0.717, 1.165) is 0 Å². The van der Waals surface area contributed by atoms with Crippen molar-refractivity contribution in [1.29, 1.82) is 0 Å². The van der Waals surface area contributed by atoms with Gasteiger partial charge in [-0.1, -0.05) is 12.5 Å². The zero-order valence-electron chi connectivity index (χ0n) is 3.89. The largest absolute Gasteiger partial charge is 0.509 e. The first kappa shape index (κ1) is 5.84. The third kappa shape index (κ3) is 4.84. The zero-order chi connectivity index (χ0) is 5.70. The van der Waals surface area contributed by atoms with E-state index in [1.165, 1.54) is 12.2 Å². The van der Waals surface area contributed by atoms with Crippen LogP contribution >= 0.6 is 0 Å². The summed E-state index contributed by atoms with van der Waals surface area (Å²) in [4.78, 5) is 0. The van der Waals surface area contributed by atoms with Crippen molar-refractivity contribution in [2.45, 2.75) is 0 Å². The molecule has 0 bridgehead atoms. The second kappa shape index (κ2) is 3.05. The Labute approximate surface area is 43.0 Å². The van der Waals surface area contributed by atoms with E-state index in [4.69, 9.17) is 11.5 Å². The molecule has 0 heterocycles. The maximum absolute atomic E-state index is 8.31. The first-order chi connectivity index (χ1) is 3.27. The summed E-state index contributed by atoms with van der Waals surface area (Å²) in [5.41, 5.74) is 0. The lowest BCUT2D eigenvalue weighted by atomic mass is 10.5. The summed E-state index contributed by atoms with van der Waals surface area (Å²) >= 11 is 0. The fourth-order valence-electron chi connectivity index (χ4n) is 0.144. The maximum Gasteiger partial charge on any atom is 0.109 e. The summed E-state index contributed by atoms with van der Waals surface area (Å²) in [6, 6.07) is 0. The van der Waals surface area contributed by atoms with Gasteiger partial charge in [-0.05, 0) is 12.2 Å². The fraction of sp³-hybridized carbons (Fsp3) is 0. The number of aliphatic hydroxyl groups excluding tert-OH is 1. The highest BCUT2D eigenvalue weighted by molar-refractivity contribution is 5.17. The molecule has 0 unspecified atom stereocenters. The highest BCUT2D eigenvalue weighted by Gasteiger charge is 1.68. The van der Waals surface area contributed by atoms with Gasteiger partial charge in [0.15, 0.2) is 0 Å². The van der Waals surface area contributed by atoms with E-state index in [-0.39, 0.29) is 5.76 Å². The van der Waals surface area contributed by atoms with E-state index < -0.39 is 0 Å². The number of aliphatic hydroxyl groups is 1. The van der Waals surface area contributed by atoms with Crippen molar-refractivity contribution in [1.82, 2.24) is 0 Å². The number of hydrogen-bond donors (Lipinski definition) is 1. The van der Waals surface area contributed by atoms with E-state index in [1.54, 1.807) is 0 Å². The van der Waals surface area contributed by atoms with Crippen LogP contribution in [0.25, 0.3) is 0 Å². The molecule has 0 aromatic heterocycles. The van der Waals surface area contributed by atoms with Gasteiger partial charge in [-0.3, -0.25) is 0 Å². The van der Waals surface area contributed by atoms with Crippen LogP contribution in [0.4, 0.5) is 0 Å². The average molecular weight is 94.1 g/mol. The molecule has 0 fully saturated rings. The standard InChI is InChI=1S/C6H6O/c1-3-4-5-6(2)7/h1,4-5,7H,2H2/b5-4-. The number of terminal acetylenes is 1. The second-order valence-electron chi connectivity index (χ2n) is 0.991. The molecule has 0 aromatic rings. The second-order valence-corrected chi connectivity index (χ2v) is 0.991. The molecule has 0 spiro atoms. The lowest BCUT2D eigenvalue weighted by Crippen LogP contribution is -1.63. The van der Waals surface area contributed by atoms with Crippen molar-refractivity contribution in [3.05, 3.63) is 24.5 Å². The van der Waals surface area contributed by atoms with Crippen LogP contribution in [-0.4, -0.2) is 5.11 Å². The topological polar surface area (TPSA) is 20.2 Å². The van der Waals surface area contributed by atoms with Crippen LogP contribution < -0.4 is 0 Å². The quantitative estimate of drug-likeness (QED) is 0.294. The molecule has 0 atom stereocenters. The van der Waals surface area contributed by atoms with E-state index in [2.05, 4.69) is 12.5 Å². The molecule has 0 aliphatic carbocycles. The third-order valence-corrected chi connectivity index (χ3v) is 0.372. The molecule has 0 rings (SSSR count). The summed E-state index contributed by atoms with van der Waals surface area (Å²) in [6.45, 7) is 3.17. The summed E-state index contributed by atoms with van der Waals surface area (Å²) in [5, 5.41) is 8.31. The summed E-state index contributed by atoms with van der Waals surface area (Å²) < 4.78 is 0. The first-order valence-corrected chi connectivity index (χ1v) is 1.78. The average Bonchev–Trinajstić information content (AvgIpc) is 1.61. The third-order valence-electron chi connectivity index (χ3n) is 0.372. The first-order valence-electron chi connectivity index (χ1n) is 1.78. The number of allylic oxidation sites excluding steroid dienone is 2. The van der Waals surface area contributed by atoms with Crippen LogP contribution in [0.5, 0.6) is 0 Å². The molecule has 0 amide bonds. The van der Waals surface area contributed by atoms with Crippen LogP contribution in [0.15, 0.2) is 24.5 Å². The van der Waals surface area contributed by atoms with Crippen LogP contribution in [-0.2, 0) is 0 Å². The van der Waals surface area contributed by atoms with Gasteiger partial charge in [-0.25, -0.2) is 0 Å². The van der Waals surface area contributed by atoms with Crippen molar-refractivity contribution >= 4 is 0 Å². The van der Waals surface area contributed by atoms with Crippen LogP contribution in [0.2, 0.25) is 0 Å². The minimum absolute atomic E-state index is 0.0158. The highest BCUT2D eigenvalue weighted by Crippen LogP contribution is 1.80. The van der Waals surface area contributed by atoms with Crippen LogP contribution in [0.1, 0.15) is 0 Å². The van der Waals surface area contributed by atoms with Gasteiger partial charge in [0.1, 0.15) is 5.76 Å². The van der Waals surface area contributed by atoms with Gasteiger partial charge >= 0.3 is 0 Å². The molecular formula is C6H6O. The van der Waals surface area contributed by atoms with E-state index in [0.29, 0.717) is 0 Å². The molecule has 1 heteroatoms. The Morgan fingerprint density at radius 2 is 2.43 bits per heavy atom. The SMILES string of the molecule is C#C/C=C\C(=C)O. The molecule has 0 aliphatic heterocycles. The van der Waals surface area contributed by atoms with Gasteiger partial charge in [-0.15, -0.1) is 6.42 Å². The van der Waals surface area contributed by atoms with Crippen LogP contribution in [0, 0.1) is 12.3 Å². The normalized spacial score (nSPS) is 8.43. The molecule has 0 aliphatic rings.